The van der Waals surface area contributed by atoms with E-state index in [1.165, 1.54) is 0 Å². The smallest absolute Gasteiger partial charge is 0.245 e. The first-order valence-corrected chi connectivity index (χ1v) is 12.2. The molecule has 33 heavy (non-hydrogen) atoms. The van der Waals surface area contributed by atoms with Crippen LogP contribution in [0.3, 0.4) is 0 Å². The van der Waals surface area contributed by atoms with Crippen LogP contribution < -0.4 is 10.1 Å². The largest absolute Gasteiger partial charge is 0.489 e. The van der Waals surface area contributed by atoms with Gasteiger partial charge in [-0.3, -0.25) is 9.59 Å². The highest BCUT2D eigenvalue weighted by Gasteiger charge is 2.25. The fourth-order valence-electron chi connectivity index (χ4n) is 4.52. The van der Waals surface area contributed by atoms with Crippen molar-refractivity contribution in [2.45, 2.75) is 65.0 Å². The zero-order valence-electron chi connectivity index (χ0n) is 20.3. The predicted molar refractivity (Wildman–Crippen MR) is 132 cm³/mol. The van der Waals surface area contributed by atoms with E-state index in [0.717, 1.165) is 49.1 Å². The number of ether oxygens (including phenoxy) is 1. The molecule has 2 aromatic carbocycles. The van der Waals surface area contributed by atoms with Gasteiger partial charge in [0, 0.05) is 26.4 Å². The number of nitrogens with zero attached hydrogens (tertiary/aromatic N) is 1. The second-order valence-electron chi connectivity index (χ2n) is 9.63. The Bertz CT molecular complexity index is 882. The van der Waals surface area contributed by atoms with Crippen molar-refractivity contribution in [1.82, 2.24) is 10.2 Å². The Balaban J connectivity index is 1.64. The van der Waals surface area contributed by atoms with E-state index in [1.807, 2.05) is 61.6 Å². The molecule has 0 radical (unpaired) electrons. The van der Waals surface area contributed by atoms with Gasteiger partial charge in [0.2, 0.25) is 11.8 Å². The molecule has 1 saturated heterocycles. The summed E-state index contributed by atoms with van der Waals surface area (Å²) in [6.45, 7) is 5.73. The van der Waals surface area contributed by atoms with Gasteiger partial charge < -0.3 is 15.0 Å². The van der Waals surface area contributed by atoms with Gasteiger partial charge in [0.05, 0.1) is 0 Å². The maximum absolute atomic E-state index is 13.2. The Kier molecular flexibility index (Phi) is 9.35. The molecule has 1 aliphatic heterocycles. The Morgan fingerprint density at radius 2 is 1.64 bits per heavy atom. The van der Waals surface area contributed by atoms with E-state index in [0.29, 0.717) is 31.3 Å². The molecule has 2 aromatic rings. The average molecular weight is 451 g/mol. The summed E-state index contributed by atoms with van der Waals surface area (Å²) in [5.74, 6) is 1.86. The summed E-state index contributed by atoms with van der Waals surface area (Å²) in [5, 5.41) is 3.02. The van der Waals surface area contributed by atoms with E-state index in [1.54, 1.807) is 4.90 Å². The van der Waals surface area contributed by atoms with Gasteiger partial charge in [-0.1, -0.05) is 56.3 Å². The fraction of sp³-hybridized carbons (Fsp3) is 0.500. The van der Waals surface area contributed by atoms with Crippen LogP contribution >= 0.6 is 0 Å². The molecule has 0 saturated carbocycles. The molecule has 5 heteroatoms. The second kappa shape index (κ2) is 12.4. The minimum atomic E-state index is -0.549. The predicted octanol–water partition coefficient (Wildman–Crippen LogP) is 4.99. The van der Waals surface area contributed by atoms with Crippen LogP contribution in [0.1, 0.15) is 57.1 Å². The molecule has 5 nitrogen and oxygen atoms in total. The molecule has 1 heterocycles. The standard InChI is InChI=1S/C28H38N2O3/c1-21-8-7-17-30(3)28(32)26(29-27(31)16-11-22(2)18-21)19-23-12-14-25(15-13-23)33-20-24-9-5-4-6-10-24/h4-6,9-10,12-15,21-22,26H,7-8,11,16-20H2,1-3H3,(H,29,31)/t21?,22-,26-/m0/s1. The van der Waals surface area contributed by atoms with Crippen molar-refractivity contribution in [1.29, 1.82) is 0 Å². The van der Waals surface area contributed by atoms with Crippen molar-refractivity contribution in [3.63, 3.8) is 0 Å². The Morgan fingerprint density at radius 1 is 0.939 bits per heavy atom. The van der Waals surface area contributed by atoms with Crippen LogP contribution in [0.25, 0.3) is 0 Å². The Labute approximate surface area is 198 Å². The summed E-state index contributed by atoms with van der Waals surface area (Å²) in [4.78, 5) is 27.6. The van der Waals surface area contributed by atoms with Crippen molar-refractivity contribution in [3.05, 3.63) is 65.7 Å². The van der Waals surface area contributed by atoms with Crippen LogP contribution in [0.2, 0.25) is 0 Å². The highest BCUT2D eigenvalue weighted by molar-refractivity contribution is 5.87. The first-order chi connectivity index (χ1) is 15.9. The summed E-state index contributed by atoms with van der Waals surface area (Å²) in [5.41, 5.74) is 2.12. The minimum absolute atomic E-state index is 0.0206. The highest BCUT2D eigenvalue weighted by atomic mass is 16.5. The molecule has 1 N–H and O–H groups in total. The van der Waals surface area contributed by atoms with E-state index in [-0.39, 0.29) is 11.8 Å². The van der Waals surface area contributed by atoms with E-state index >= 15 is 0 Å². The molecule has 3 atom stereocenters. The quantitative estimate of drug-likeness (QED) is 0.698. The van der Waals surface area contributed by atoms with Crippen LogP contribution in [0.4, 0.5) is 0 Å². The van der Waals surface area contributed by atoms with Crippen molar-refractivity contribution < 1.29 is 14.3 Å². The van der Waals surface area contributed by atoms with Crippen LogP contribution in [-0.2, 0) is 22.6 Å². The number of carbonyl (C=O) groups excluding carboxylic acids is 2. The number of likely N-dealkylation sites (N-methyl/N-ethyl adjacent to an activating group) is 1. The number of hydrogen-bond donors (Lipinski definition) is 1. The topological polar surface area (TPSA) is 58.6 Å². The lowest BCUT2D eigenvalue weighted by Gasteiger charge is -2.25. The maximum atomic E-state index is 13.2. The van der Waals surface area contributed by atoms with E-state index in [9.17, 15) is 9.59 Å². The van der Waals surface area contributed by atoms with Crippen molar-refractivity contribution in [2.24, 2.45) is 11.8 Å². The number of hydrogen-bond acceptors (Lipinski definition) is 3. The molecule has 178 valence electrons. The molecule has 3 rings (SSSR count). The normalized spacial score (nSPS) is 23.1. The Hall–Kier alpha value is -2.82. The van der Waals surface area contributed by atoms with Gasteiger partial charge in [-0.2, -0.15) is 0 Å². The van der Waals surface area contributed by atoms with Gasteiger partial charge in [0.1, 0.15) is 18.4 Å². The molecular formula is C28H38N2O3. The number of amides is 2. The lowest BCUT2D eigenvalue weighted by molar-refractivity contribution is -0.135. The third kappa shape index (κ3) is 8.23. The van der Waals surface area contributed by atoms with Crippen LogP contribution in [0, 0.1) is 11.8 Å². The van der Waals surface area contributed by atoms with Gasteiger partial charge in [0.15, 0.2) is 0 Å². The summed E-state index contributed by atoms with van der Waals surface area (Å²) >= 11 is 0. The van der Waals surface area contributed by atoms with Crippen molar-refractivity contribution >= 4 is 11.8 Å². The lowest BCUT2D eigenvalue weighted by atomic mass is 9.90. The van der Waals surface area contributed by atoms with Crippen LogP contribution in [0.15, 0.2) is 54.6 Å². The van der Waals surface area contributed by atoms with E-state index in [2.05, 4.69) is 19.2 Å². The zero-order valence-corrected chi connectivity index (χ0v) is 20.3. The molecule has 0 aliphatic carbocycles. The van der Waals surface area contributed by atoms with Gasteiger partial charge in [-0.15, -0.1) is 0 Å². The van der Waals surface area contributed by atoms with E-state index in [4.69, 9.17) is 4.74 Å². The molecule has 0 bridgehead atoms. The van der Waals surface area contributed by atoms with Crippen molar-refractivity contribution in [3.8, 4) is 5.75 Å². The summed E-state index contributed by atoms with van der Waals surface area (Å²) in [7, 11) is 1.84. The maximum Gasteiger partial charge on any atom is 0.245 e. The molecule has 1 aliphatic rings. The minimum Gasteiger partial charge on any atom is -0.489 e. The SMILES string of the molecule is CC1CCCN(C)C(=O)[C@H](Cc2ccc(OCc3ccccc3)cc2)NC(=O)CC[C@H](C)C1. The first-order valence-electron chi connectivity index (χ1n) is 12.2. The number of carbonyl (C=O) groups is 2. The molecule has 1 fully saturated rings. The molecule has 0 spiro atoms. The third-order valence-corrected chi connectivity index (χ3v) is 6.48. The monoisotopic (exact) mass is 450 g/mol. The average Bonchev–Trinajstić information content (AvgIpc) is 2.82. The zero-order chi connectivity index (χ0) is 23.6. The van der Waals surface area contributed by atoms with Gasteiger partial charge >= 0.3 is 0 Å². The lowest BCUT2D eigenvalue weighted by Crippen LogP contribution is -2.48. The molecule has 0 aromatic heterocycles. The number of benzene rings is 2. The highest BCUT2D eigenvalue weighted by Crippen LogP contribution is 2.21. The fourth-order valence-corrected chi connectivity index (χ4v) is 4.52. The second-order valence-corrected chi connectivity index (χ2v) is 9.63. The van der Waals surface area contributed by atoms with Gasteiger partial charge in [0.25, 0.3) is 0 Å². The third-order valence-electron chi connectivity index (χ3n) is 6.48. The summed E-state index contributed by atoms with van der Waals surface area (Å²) in [6.07, 6.45) is 5.03. The summed E-state index contributed by atoms with van der Waals surface area (Å²) in [6, 6.07) is 17.3. The molecular weight excluding hydrogens is 412 g/mol. The summed E-state index contributed by atoms with van der Waals surface area (Å²) < 4.78 is 5.87. The van der Waals surface area contributed by atoms with Crippen LogP contribution in [0.5, 0.6) is 5.75 Å². The van der Waals surface area contributed by atoms with Crippen molar-refractivity contribution in [2.75, 3.05) is 13.6 Å². The van der Waals surface area contributed by atoms with Gasteiger partial charge in [-0.05, 0) is 60.8 Å². The van der Waals surface area contributed by atoms with Crippen LogP contribution in [-0.4, -0.2) is 36.3 Å². The van der Waals surface area contributed by atoms with E-state index < -0.39 is 6.04 Å². The molecule has 1 unspecified atom stereocenters. The number of rotatable bonds is 5. The first kappa shape index (κ1) is 24.8. The number of nitrogens with one attached hydrogen (secondary N) is 1. The Morgan fingerprint density at radius 3 is 2.36 bits per heavy atom. The molecule has 2 amide bonds. The van der Waals surface area contributed by atoms with Gasteiger partial charge in [-0.25, -0.2) is 0 Å².